The van der Waals surface area contributed by atoms with Crippen LogP contribution in [0.2, 0.25) is 5.02 Å². The molecule has 0 bridgehead atoms. The Morgan fingerprint density at radius 1 is 1.12 bits per heavy atom. The number of nitrogens with one attached hydrogen (secondary N) is 1. The van der Waals surface area contributed by atoms with Crippen LogP contribution in [0, 0.1) is 13.8 Å². The number of halogens is 1. The van der Waals surface area contributed by atoms with E-state index in [1.54, 1.807) is 25.1 Å². The summed E-state index contributed by atoms with van der Waals surface area (Å²) in [6.07, 6.45) is 1.15. The average molecular weight is 381 g/mol. The van der Waals surface area contributed by atoms with Gasteiger partial charge < -0.3 is 5.32 Å². The fraction of sp³-hybridized carbons (Fsp3) is 0.278. The summed E-state index contributed by atoms with van der Waals surface area (Å²) in [5.41, 5.74) is 3.03. The van der Waals surface area contributed by atoms with Gasteiger partial charge in [-0.1, -0.05) is 35.4 Å². The van der Waals surface area contributed by atoms with Crippen LogP contribution in [0.5, 0.6) is 0 Å². The summed E-state index contributed by atoms with van der Waals surface area (Å²) in [6.45, 7) is 3.80. The van der Waals surface area contributed by atoms with Crippen LogP contribution in [0.1, 0.15) is 17.5 Å². The summed E-state index contributed by atoms with van der Waals surface area (Å²) in [6, 6.07) is 12.5. The number of sulfonamides is 1. The Balaban J connectivity index is 2.12. The number of hydrogen-bond donors (Lipinski definition) is 1. The molecule has 0 fully saturated rings. The van der Waals surface area contributed by atoms with Crippen LogP contribution in [-0.4, -0.2) is 27.1 Å². The Bertz CT molecular complexity index is 864. The third kappa shape index (κ3) is 5.47. The third-order valence-corrected chi connectivity index (χ3v) is 5.13. The van der Waals surface area contributed by atoms with Crippen molar-refractivity contribution in [3.8, 4) is 0 Å². The molecule has 25 heavy (non-hydrogen) atoms. The zero-order valence-corrected chi connectivity index (χ0v) is 16.0. The van der Waals surface area contributed by atoms with Crippen molar-refractivity contribution in [1.82, 2.24) is 0 Å². The van der Waals surface area contributed by atoms with Crippen LogP contribution in [0.25, 0.3) is 0 Å². The lowest BCUT2D eigenvalue weighted by atomic mass is 10.2. The lowest BCUT2D eigenvalue weighted by Crippen LogP contribution is -2.33. The van der Waals surface area contributed by atoms with Crippen LogP contribution in [0.3, 0.4) is 0 Å². The molecule has 2 aromatic rings. The third-order valence-electron chi connectivity index (χ3n) is 3.72. The van der Waals surface area contributed by atoms with Crippen molar-refractivity contribution in [2.75, 3.05) is 22.4 Å². The number of carbonyl (C=O) groups is 1. The van der Waals surface area contributed by atoms with Gasteiger partial charge in [-0.3, -0.25) is 9.10 Å². The van der Waals surface area contributed by atoms with Gasteiger partial charge in [0.25, 0.3) is 0 Å². The topological polar surface area (TPSA) is 66.5 Å². The molecule has 2 aromatic carbocycles. The number of benzene rings is 2. The predicted molar refractivity (Wildman–Crippen MR) is 103 cm³/mol. The molecule has 0 aliphatic heterocycles. The Morgan fingerprint density at radius 3 is 2.36 bits per heavy atom. The molecule has 0 aromatic heterocycles. The molecular formula is C18H21ClN2O3S. The standard InChI is InChI=1S/C18H21ClN2O3S/c1-13-4-8-16(9-5-13)20-18(22)10-11-21(25(3,23)24)17-12-15(19)7-6-14(17)2/h4-9,12H,10-11H2,1-3H3,(H,20,22). The summed E-state index contributed by atoms with van der Waals surface area (Å²) >= 11 is 5.99. The number of rotatable bonds is 6. The first kappa shape index (κ1) is 19.3. The first-order chi connectivity index (χ1) is 11.7. The first-order valence-corrected chi connectivity index (χ1v) is 10.00. The smallest absolute Gasteiger partial charge is 0.232 e. The van der Waals surface area contributed by atoms with Crippen LogP contribution in [0.4, 0.5) is 11.4 Å². The zero-order valence-electron chi connectivity index (χ0n) is 14.4. The van der Waals surface area contributed by atoms with Gasteiger partial charge in [-0.15, -0.1) is 0 Å². The number of aryl methyl sites for hydroxylation is 2. The van der Waals surface area contributed by atoms with Gasteiger partial charge in [-0.25, -0.2) is 8.42 Å². The molecule has 7 heteroatoms. The Kier molecular flexibility index (Phi) is 6.08. The highest BCUT2D eigenvalue weighted by atomic mass is 35.5. The minimum absolute atomic E-state index is 0.0346. The number of hydrogen-bond acceptors (Lipinski definition) is 3. The van der Waals surface area contributed by atoms with E-state index in [1.807, 2.05) is 31.2 Å². The molecule has 0 radical (unpaired) electrons. The SMILES string of the molecule is Cc1ccc(NC(=O)CCN(c2cc(Cl)ccc2C)S(C)(=O)=O)cc1. The van der Waals surface area contributed by atoms with Crippen molar-refractivity contribution in [3.05, 3.63) is 58.6 Å². The van der Waals surface area contributed by atoms with Gasteiger partial charge in [0.05, 0.1) is 11.9 Å². The summed E-state index contributed by atoms with van der Waals surface area (Å²) in [5, 5.41) is 3.21. The number of anilines is 2. The second-order valence-corrected chi connectivity index (χ2v) is 8.27. The maximum atomic E-state index is 12.2. The van der Waals surface area contributed by atoms with Crippen molar-refractivity contribution >= 4 is 38.9 Å². The van der Waals surface area contributed by atoms with E-state index >= 15 is 0 Å². The molecular weight excluding hydrogens is 360 g/mol. The monoisotopic (exact) mass is 380 g/mol. The van der Waals surface area contributed by atoms with Crippen molar-refractivity contribution in [2.45, 2.75) is 20.3 Å². The molecule has 0 saturated carbocycles. The highest BCUT2D eigenvalue weighted by molar-refractivity contribution is 7.92. The second-order valence-electron chi connectivity index (χ2n) is 5.93. The maximum absolute atomic E-state index is 12.2. The lowest BCUT2D eigenvalue weighted by Gasteiger charge is -2.24. The van der Waals surface area contributed by atoms with E-state index in [4.69, 9.17) is 11.6 Å². The fourth-order valence-corrected chi connectivity index (χ4v) is 3.52. The lowest BCUT2D eigenvalue weighted by molar-refractivity contribution is -0.116. The highest BCUT2D eigenvalue weighted by Gasteiger charge is 2.20. The van der Waals surface area contributed by atoms with E-state index in [0.717, 1.165) is 17.4 Å². The van der Waals surface area contributed by atoms with Crippen LogP contribution < -0.4 is 9.62 Å². The summed E-state index contributed by atoms with van der Waals surface area (Å²) < 4.78 is 25.5. The molecule has 0 aliphatic carbocycles. The van der Waals surface area contributed by atoms with Crippen molar-refractivity contribution in [2.24, 2.45) is 0 Å². The zero-order chi connectivity index (χ0) is 18.6. The molecule has 0 unspecified atom stereocenters. The van der Waals surface area contributed by atoms with Gasteiger partial charge in [-0.05, 0) is 43.7 Å². The van der Waals surface area contributed by atoms with E-state index in [9.17, 15) is 13.2 Å². The molecule has 1 amide bonds. The molecule has 1 N–H and O–H groups in total. The molecule has 134 valence electrons. The second kappa shape index (κ2) is 7.89. The van der Waals surface area contributed by atoms with Crippen molar-refractivity contribution in [1.29, 1.82) is 0 Å². The molecule has 0 aliphatic rings. The fourth-order valence-electron chi connectivity index (χ4n) is 2.38. The van der Waals surface area contributed by atoms with E-state index in [0.29, 0.717) is 16.4 Å². The Morgan fingerprint density at radius 2 is 1.76 bits per heavy atom. The van der Waals surface area contributed by atoms with Crippen molar-refractivity contribution < 1.29 is 13.2 Å². The van der Waals surface area contributed by atoms with E-state index < -0.39 is 10.0 Å². The highest BCUT2D eigenvalue weighted by Crippen LogP contribution is 2.26. The van der Waals surface area contributed by atoms with Crippen LogP contribution >= 0.6 is 11.6 Å². The van der Waals surface area contributed by atoms with Gasteiger partial charge >= 0.3 is 0 Å². The normalized spacial score (nSPS) is 11.2. The number of amides is 1. The summed E-state index contributed by atoms with van der Waals surface area (Å²) in [5.74, 6) is -0.253. The van der Waals surface area contributed by atoms with Gasteiger partial charge in [0, 0.05) is 23.7 Å². The minimum atomic E-state index is -3.54. The number of nitrogens with zero attached hydrogens (tertiary/aromatic N) is 1. The quantitative estimate of drug-likeness (QED) is 0.829. The predicted octanol–water partition coefficient (Wildman–Crippen LogP) is 3.75. The van der Waals surface area contributed by atoms with Gasteiger partial charge in [0.2, 0.25) is 15.9 Å². The molecule has 0 heterocycles. The molecule has 5 nitrogen and oxygen atoms in total. The Hall–Kier alpha value is -2.05. The molecule has 0 spiro atoms. The van der Waals surface area contributed by atoms with E-state index in [2.05, 4.69) is 5.32 Å². The molecule has 0 saturated heterocycles. The summed E-state index contributed by atoms with van der Waals surface area (Å²) in [7, 11) is -3.54. The van der Waals surface area contributed by atoms with Crippen LogP contribution in [-0.2, 0) is 14.8 Å². The first-order valence-electron chi connectivity index (χ1n) is 7.77. The number of carbonyl (C=O) groups excluding carboxylic acids is 1. The van der Waals surface area contributed by atoms with Gasteiger partial charge in [0.1, 0.15) is 0 Å². The average Bonchev–Trinajstić information content (AvgIpc) is 2.52. The van der Waals surface area contributed by atoms with E-state index in [-0.39, 0.29) is 18.9 Å². The van der Waals surface area contributed by atoms with E-state index in [1.165, 1.54) is 4.31 Å². The van der Waals surface area contributed by atoms with Gasteiger partial charge in [0.15, 0.2) is 0 Å². The van der Waals surface area contributed by atoms with Crippen molar-refractivity contribution in [3.63, 3.8) is 0 Å². The van der Waals surface area contributed by atoms with Gasteiger partial charge in [-0.2, -0.15) is 0 Å². The summed E-state index contributed by atoms with van der Waals surface area (Å²) in [4.78, 5) is 12.2. The molecule has 0 atom stereocenters. The largest absolute Gasteiger partial charge is 0.326 e. The molecule has 2 rings (SSSR count). The minimum Gasteiger partial charge on any atom is -0.326 e. The van der Waals surface area contributed by atoms with Crippen LogP contribution in [0.15, 0.2) is 42.5 Å². The Labute approximate surface area is 153 Å². The maximum Gasteiger partial charge on any atom is 0.232 e.